The van der Waals surface area contributed by atoms with Gasteiger partial charge in [0.2, 0.25) is 0 Å². The second-order valence-corrected chi connectivity index (χ2v) is 8.04. The fourth-order valence-electron chi connectivity index (χ4n) is 3.60. The van der Waals surface area contributed by atoms with Gasteiger partial charge < -0.3 is 19.7 Å². The first-order chi connectivity index (χ1) is 14.3. The number of rotatable bonds is 9. The van der Waals surface area contributed by atoms with Gasteiger partial charge in [0.25, 0.3) is 5.91 Å². The lowest BCUT2D eigenvalue weighted by Gasteiger charge is -2.32. The van der Waals surface area contributed by atoms with Crippen LogP contribution in [0, 0.1) is 5.92 Å². The molecule has 1 saturated heterocycles. The quantitative estimate of drug-likeness (QED) is 0.651. The van der Waals surface area contributed by atoms with Crippen LogP contribution in [0.1, 0.15) is 31.2 Å². The Morgan fingerprint density at radius 1 is 0.900 bits per heavy atom. The third kappa shape index (κ3) is 6.92. The van der Waals surface area contributed by atoms with E-state index in [1.165, 1.54) is 12.8 Å². The minimum atomic E-state index is 0. The molecule has 0 bridgehead atoms. The van der Waals surface area contributed by atoms with Gasteiger partial charge in [-0.1, -0.05) is 30.3 Å². The Hall–Kier alpha value is -2.24. The van der Waals surface area contributed by atoms with E-state index in [-0.39, 0.29) is 24.9 Å². The number of carbonyl (C=O) groups is 1. The molecule has 0 spiro atoms. The summed E-state index contributed by atoms with van der Waals surface area (Å²) >= 11 is 0. The molecule has 30 heavy (non-hydrogen) atoms. The minimum Gasteiger partial charge on any atom is -0.489 e. The summed E-state index contributed by atoms with van der Waals surface area (Å²) in [5.41, 5.74) is 1.13. The highest BCUT2D eigenvalue weighted by molar-refractivity contribution is 5.85. The SMILES string of the molecule is Cl.O=C(COc1ccc(OCc2ccccc2)cc1)N1CCC(NCC2CC2)CC1. The van der Waals surface area contributed by atoms with E-state index in [1.807, 2.05) is 59.5 Å². The Labute approximate surface area is 185 Å². The van der Waals surface area contributed by atoms with Gasteiger partial charge in [0.15, 0.2) is 6.61 Å². The molecule has 5 nitrogen and oxygen atoms in total. The zero-order valence-corrected chi connectivity index (χ0v) is 18.1. The molecule has 1 saturated carbocycles. The molecule has 2 aromatic carbocycles. The molecule has 4 rings (SSSR count). The van der Waals surface area contributed by atoms with Crippen LogP contribution in [0.2, 0.25) is 0 Å². The van der Waals surface area contributed by atoms with Gasteiger partial charge >= 0.3 is 0 Å². The van der Waals surface area contributed by atoms with Crippen LogP contribution < -0.4 is 14.8 Å². The average molecular weight is 431 g/mol. The number of benzene rings is 2. The molecule has 0 aromatic heterocycles. The Bertz CT molecular complexity index is 773. The molecule has 0 unspecified atom stereocenters. The number of amides is 1. The monoisotopic (exact) mass is 430 g/mol. The zero-order chi connectivity index (χ0) is 19.9. The number of piperidine rings is 1. The molecule has 2 aromatic rings. The first-order valence-electron chi connectivity index (χ1n) is 10.7. The van der Waals surface area contributed by atoms with Crippen LogP contribution in [0.3, 0.4) is 0 Å². The van der Waals surface area contributed by atoms with E-state index in [9.17, 15) is 4.79 Å². The Kier molecular flexibility index (Phi) is 8.40. The summed E-state index contributed by atoms with van der Waals surface area (Å²) in [6, 6.07) is 18.1. The number of halogens is 1. The van der Waals surface area contributed by atoms with Crippen molar-refractivity contribution in [2.24, 2.45) is 5.92 Å². The maximum atomic E-state index is 12.4. The van der Waals surface area contributed by atoms with E-state index in [4.69, 9.17) is 9.47 Å². The number of nitrogens with zero attached hydrogens (tertiary/aromatic N) is 1. The van der Waals surface area contributed by atoms with Crippen molar-refractivity contribution in [3.05, 3.63) is 60.2 Å². The normalized spacial score (nSPS) is 16.6. The summed E-state index contributed by atoms with van der Waals surface area (Å²) in [6.07, 6.45) is 4.82. The third-order valence-corrected chi connectivity index (χ3v) is 5.67. The standard InChI is InChI=1S/C24H30N2O3.ClH/c27-24(26-14-12-21(13-15-26)25-16-19-6-7-19)18-29-23-10-8-22(9-11-23)28-17-20-4-2-1-3-5-20;/h1-5,8-11,19,21,25H,6-7,12-18H2;1H. The average Bonchev–Trinajstić information content (AvgIpc) is 3.61. The van der Waals surface area contributed by atoms with Crippen LogP contribution in [0.4, 0.5) is 0 Å². The summed E-state index contributed by atoms with van der Waals surface area (Å²) in [7, 11) is 0. The molecule has 6 heteroatoms. The molecular formula is C24H31ClN2O3. The number of ether oxygens (including phenoxy) is 2. The molecular weight excluding hydrogens is 400 g/mol. The van der Waals surface area contributed by atoms with E-state index >= 15 is 0 Å². The van der Waals surface area contributed by atoms with Gasteiger partial charge in [0.1, 0.15) is 18.1 Å². The maximum Gasteiger partial charge on any atom is 0.260 e. The maximum absolute atomic E-state index is 12.4. The number of carbonyl (C=O) groups excluding carboxylic acids is 1. The van der Waals surface area contributed by atoms with Crippen LogP contribution in [0.5, 0.6) is 11.5 Å². The van der Waals surface area contributed by atoms with Crippen LogP contribution in [0.15, 0.2) is 54.6 Å². The molecule has 0 atom stereocenters. The summed E-state index contributed by atoms with van der Waals surface area (Å²) in [6.45, 7) is 3.40. The Morgan fingerprint density at radius 2 is 1.53 bits per heavy atom. The van der Waals surface area contributed by atoms with Crippen molar-refractivity contribution in [1.29, 1.82) is 0 Å². The molecule has 1 amide bonds. The van der Waals surface area contributed by atoms with E-state index in [2.05, 4.69) is 5.32 Å². The van der Waals surface area contributed by atoms with Crippen LogP contribution in [-0.4, -0.2) is 43.1 Å². The second kappa shape index (κ2) is 11.2. The van der Waals surface area contributed by atoms with E-state index < -0.39 is 0 Å². The van der Waals surface area contributed by atoms with Crippen LogP contribution >= 0.6 is 12.4 Å². The Morgan fingerprint density at radius 3 is 2.17 bits per heavy atom. The van der Waals surface area contributed by atoms with Crippen LogP contribution in [0.25, 0.3) is 0 Å². The fourth-order valence-corrected chi connectivity index (χ4v) is 3.60. The van der Waals surface area contributed by atoms with Crippen molar-refractivity contribution in [3.8, 4) is 11.5 Å². The van der Waals surface area contributed by atoms with Gasteiger partial charge in [-0.25, -0.2) is 0 Å². The van der Waals surface area contributed by atoms with E-state index in [0.29, 0.717) is 18.4 Å². The third-order valence-electron chi connectivity index (χ3n) is 5.67. The molecule has 1 aliphatic carbocycles. The topological polar surface area (TPSA) is 50.8 Å². The van der Waals surface area contributed by atoms with Crippen LogP contribution in [-0.2, 0) is 11.4 Å². The predicted molar refractivity (Wildman–Crippen MR) is 120 cm³/mol. The van der Waals surface area contributed by atoms with Crippen molar-refractivity contribution in [1.82, 2.24) is 10.2 Å². The lowest BCUT2D eigenvalue weighted by molar-refractivity contribution is -0.134. The Balaban J connectivity index is 0.00000256. The van der Waals surface area contributed by atoms with E-state index in [1.54, 1.807) is 0 Å². The zero-order valence-electron chi connectivity index (χ0n) is 17.3. The largest absolute Gasteiger partial charge is 0.489 e. The van der Waals surface area contributed by atoms with Crippen molar-refractivity contribution >= 4 is 18.3 Å². The van der Waals surface area contributed by atoms with Crippen molar-refractivity contribution in [2.45, 2.75) is 38.3 Å². The number of likely N-dealkylation sites (tertiary alicyclic amines) is 1. The first kappa shape index (κ1) is 22.4. The molecule has 2 aliphatic rings. The van der Waals surface area contributed by atoms with Crippen molar-refractivity contribution < 1.29 is 14.3 Å². The number of nitrogens with one attached hydrogen (secondary N) is 1. The molecule has 0 radical (unpaired) electrons. The van der Waals surface area contributed by atoms with Gasteiger partial charge in [-0.05, 0) is 68.0 Å². The molecule has 1 heterocycles. The lowest BCUT2D eigenvalue weighted by atomic mass is 10.0. The lowest BCUT2D eigenvalue weighted by Crippen LogP contribution is -2.46. The summed E-state index contributed by atoms with van der Waals surface area (Å²) in [5.74, 6) is 2.44. The van der Waals surface area contributed by atoms with E-state index in [0.717, 1.165) is 49.7 Å². The molecule has 1 aliphatic heterocycles. The minimum absolute atomic E-state index is 0. The second-order valence-electron chi connectivity index (χ2n) is 8.04. The van der Waals surface area contributed by atoms with Gasteiger partial charge in [-0.15, -0.1) is 12.4 Å². The highest BCUT2D eigenvalue weighted by Crippen LogP contribution is 2.28. The molecule has 2 fully saturated rings. The van der Waals surface area contributed by atoms with Crippen molar-refractivity contribution in [2.75, 3.05) is 26.2 Å². The highest BCUT2D eigenvalue weighted by Gasteiger charge is 2.26. The van der Waals surface area contributed by atoms with Gasteiger partial charge in [0.05, 0.1) is 0 Å². The van der Waals surface area contributed by atoms with Crippen molar-refractivity contribution in [3.63, 3.8) is 0 Å². The molecule has 1 N–H and O–H groups in total. The molecule has 162 valence electrons. The number of hydrogen-bond acceptors (Lipinski definition) is 4. The van der Waals surface area contributed by atoms with Gasteiger partial charge in [-0.3, -0.25) is 4.79 Å². The van der Waals surface area contributed by atoms with Gasteiger partial charge in [-0.2, -0.15) is 0 Å². The summed E-state index contributed by atoms with van der Waals surface area (Å²) in [5, 5.41) is 3.65. The first-order valence-corrected chi connectivity index (χ1v) is 10.7. The van der Waals surface area contributed by atoms with Gasteiger partial charge in [0, 0.05) is 19.1 Å². The summed E-state index contributed by atoms with van der Waals surface area (Å²) < 4.78 is 11.5. The smallest absolute Gasteiger partial charge is 0.260 e. The predicted octanol–water partition coefficient (Wildman–Crippen LogP) is 4.06. The fraction of sp³-hybridized carbons (Fsp3) is 0.458. The highest BCUT2D eigenvalue weighted by atomic mass is 35.5. The summed E-state index contributed by atoms with van der Waals surface area (Å²) in [4.78, 5) is 14.4. The number of hydrogen-bond donors (Lipinski definition) is 1.